The van der Waals surface area contributed by atoms with Crippen LogP contribution in [0.4, 0.5) is 5.13 Å². The highest BCUT2D eigenvalue weighted by molar-refractivity contribution is 9.10. The molecule has 6 rings (SSSR count). The number of pyridine rings is 1. The number of carbonyl (C=O) groups is 4. The van der Waals surface area contributed by atoms with Gasteiger partial charge in [-0.1, -0.05) is 53.5 Å². The van der Waals surface area contributed by atoms with Crippen molar-refractivity contribution in [1.82, 2.24) is 25.5 Å². The average Bonchev–Trinajstić information content (AvgIpc) is 3.57. The van der Waals surface area contributed by atoms with Gasteiger partial charge in [0, 0.05) is 35.1 Å². The molecule has 1 saturated heterocycles. The number of benzene rings is 1. The number of likely N-dealkylation sites (tertiary alicyclic amines) is 1. The Morgan fingerprint density at radius 3 is 2.44 bits per heavy atom. The fourth-order valence-corrected chi connectivity index (χ4v) is 8.72. The summed E-state index contributed by atoms with van der Waals surface area (Å²) in [5.74, 6) is -2.26. The molecule has 3 aromatic rings. The number of aliphatic hydroxyl groups is 1. The number of ether oxygens (including phenoxy) is 3. The fraction of sp³-hybridized carbons (Fsp3) is 0.550. The molecule has 0 spiro atoms. The molecule has 57 heavy (non-hydrogen) atoms. The van der Waals surface area contributed by atoms with E-state index in [1.165, 1.54) is 22.3 Å². The number of carbonyl (C=O) groups excluding carboxylic acids is 3. The molecule has 3 amide bonds. The van der Waals surface area contributed by atoms with Crippen LogP contribution in [0.25, 0.3) is 22.3 Å². The minimum atomic E-state index is -1.53. The number of hydrogen-bond acceptors (Lipinski definition) is 12. The molecular weight excluding hydrogens is 820 g/mol. The number of rotatable bonds is 15. The Hall–Kier alpha value is -4.16. The van der Waals surface area contributed by atoms with Crippen LogP contribution in [0.15, 0.2) is 40.7 Å². The van der Waals surface area contributed by atoms with Crippen molar-refractivity contribution in [2.24, 2.45) is 17.3 Å². The van der Waals surface area contributed by atoms with Gasteiger partial charge in [-0.05, 0) is 52.7 Å². The van der Waals surface area contributed by atoms with E-state index in [-0.39, 0.29) is 37.3 Å². The highest BCUT2D eigenvalue weighted by Crippen LogP contribution is 2.45. The Bertz CT molecular complexity index is 2030. The summed E-state index contributed by atoms with van der Waals surface area (Å²) in [6.07, 6.45) is 3.02. The fourth-order valence-electron chi connectivity index (χ4n) is 7.41. The third-order valence-electron chi connectivity index (χ3n) is 10.8. The molecule has 17 heteroatoms. The molecule has 6 atom stereocenters. The number of aliphatic carboxylic acids is 1. The van der Waals surface area contributed by atoms with Crippen molar-refractivity contribution in [3.8, 4) is 22.9 Å². The van der Waals surface area contributed by atoms with Crippen LogP contribution < -0.4 is 25.4 Å². The van der Waals surface area contributed by atoms with Gasteiger partial charge < -0.3 is 40.0 Å². The lowest BCUT2D eigenvalue weighted by Crippen LogP contribution is -2.60. The Morgan fingerprint density at radius 1 is 1.11 bits per heavy atom. The molecular formula is C40H51BrN6O9S. The number of aliphatic hydroxyl groups excluding tert-OH is 1. The summed E-state index contributed by atoms with van der Waals surface area (Å²) in [6.45, 7) is 12.8. The minimum Gasteiger partial charge on any atom is -0.495 e. The second kappa shape index (κ2) is 17.0. The van der Waals surface area contributed by atoms with E-state index in [0.717, 1.165) is 25.7 Å². The minimum absolute atomic E-state index is 0.0303. The summed E-state index contributed by atoms with van der Waals surface area (Å²) < 4.78 is 18.7. The van der Waals surface area contributed by atoms with Crippen molar-refractivity contribution >= 4 is 67.0 Å². The molecule has 3 heterocycles. The summed E-state index contributed by atoms with van der Waals surface area (Å²) >= 11 is 4.88. The van der Waals surface area contributed by atoms with Crippen LogP contribution in [0.3, 0.4) is 0 Å². The Kier molecular flexibility index (Phi) is 12.6. The van der Waals surface area contributed by atoms with Crippen molar-refractivity contribution in [3.63, 3.8) is 0 Å². The molecule has 308 valence electrons. The normalized spacial score (nSPS) is 23.3. The first-order valence-electron chi connectivity index (χ1n) is 19.1. The molecule has 1 aliphatic heterocycles. The van der Waals surface area contributed by atoms with Crippen LogP contribution >= 0.6 is 27.3 Å². The molecule has 5 N–H and O–H groups in total. The number of hydrogen-bond donors (Lipinski definition) is 5. The second-order valence-electron chi connectivity index (χ2n) is 16.3. The van der Waals surface area contributed by atoms with Crippen molar-refractivity contribution in [3.05, 3.63) is 40.7 Å². The van der Waals surface area contributed by atoms with E-state index < -0.39 is 59.3 Å². The van der Waals surface area contributed by atoms with Crippen molar-refractivity contribution in [1.29, 1.82) is 0 Å². The number of halogens is 1. The molecule has 3 fully saturated rings. The van der Waals surface area contributed by atoms with E-state index in [1.807, 2.05) is 20.8 Å². The van der Waals surface area contributed by atoms with Gasteiger partial charge in [0.05, 0.1) is 41.5 Å². The first kappa shape index (κ1) is 42.4. The van der Waals surface area contributed by atoms with Crippen LogP contribution in [-0.2, 0) is 23.9 Å². The van der Waals surface area contributed by atoms with Gasteiger partial charge in [0.15, 0.2) is 5.13 Å². The molecule has 0 bridgehead atoms. The zero-order valence-corrected chi connectivity index (χ0v) is 35.4. The van der Waals surface area contributed by atoms with E-state index in [4.69, 9.17) is 19.2 Å². The van der Waals surface area contributed by atoms with Gasteiger partial charge in [0.2, 0.25) is 24.1 Å². The Balaban J connectivity index is 1.34. The highest BCUT2D eigenvalue weighted by Gasteiger charge is 2.61. The highest BCUT2D eigenvalue weighted by atomic mass is 79.9. The Labute approximate surface area is 344 Å². The molecule has 0 radical (unpaired) electrons. The average molecular weight is 872 g/mol. The number of carboxylic acid groups (broad SMARTS) is 1. The van der Waals surface area contributed by atoms with Crippen molar-refractivity contribution < 1.29 is 43.6 Å². The summed E-state index contributed by atoms with van der Waals surface area (Å²) in [5.41, 5.74) is -0.842. The van der Waals surface area contributed by atoms with Crippen LogP contribution in [-0.4, -0.2) is 98.7 Å². The van der Waals surface area contributed by atoms with Gasteiger partial charge in [-0.25, -0.2) is 14.8 Å². The van der Waals surface area contributed by atoms with E-state index in [2.05, 4.69) is 43.4 Å². The van der Waals surface area contributed by atoms with Gasteiger partial charge >= 0.3 is 5.97 Å². The molecule has 2 aliphatic carbocycles. The van der Waals surface area contributed by atoms with Gasteiger partial charge in [0.25, 0.3) is 0 Å². The SMILES string of the molecule is C=C[C@@H]1C[C@]1(NC(=O)[C@@H]1C[C@@H](Oc2cc(-c3csc(NC(=O)C(C)C)n3)nc3c(Br)c(OC)ccc23)CN1C(=O)[C@@H](NC(O)OC1CCCC1)C(C)(C)C)C(=O)O. The number of nitrogens with one attached hydrogen (secondary N) is 3. The summed E-state index contributed by atoms with van der Waals surface area (Å²) in [7, 11) is 1.54. The van der Waals surface area contributed by atoms with E-state index >= 15 is 0 Å². The van der Waals surface area contributed by atoms with Gasteiger partial charge in [-0.2, -0.15) is 0 Å². The zero-order valence-electron chi connectivity index (χ0n) is 33.0. The maximum atomic E-state index is 14.7. The third kappa shape index (κ3) is 9.12. The predicted octanol–water partition coefficient (Wildman–Crippen LogP) is 5.46. The number of aromatic nitrogens is 2. The number of nitrogens with zero attached hydrogens (tertiary/aromatic N) is 3. The summed E-state index contributed by atoms with van der Waals surface area (Å²) in [6, 6.07) is 3.17. The monoisotopic (exact) mass is 870 g/mol. The first-order valence-corrected chi connectivity index (χ1v) is 20.8. The van der Waals surface area contributed by atoms with Crippen LogP contribution in [0.1, 0.15) is 73.1 Å². The number of methoxy groups -OCH3 is 1. The smallest absolute Gasteiger partial charge is 0.330 e. The predicted molar refractivity (Wildman–Crippen MR) is 218 cm³/mol. The van der Waals surface area contributed by atoms with E-state index in [1.54, 1.807) is 44.5 Å². The molecule has 1 aromatic carbocycles. The molecule has 15 nitrogen and oxygen atoms in total. The van der Waals surface area contributed by atoms with Gasteiger partial charge in [0.1, 0.15) is 34.9 Å². The van der Waals surface area contributed by atoms with E-state index in [9.17, 15) is 29.4 Å². The Morgan fingerprint density at radius 2 is 1.82 bits per heavy atom. The largest absolute Gasteiger partial charge is 0.495 e. The lowest BCUT2D eigenvalue weighted by atomic mass is 9.85. The van der Waals surface area contributed by atoms with Crippen LogP contribution in [0.5, 0.6) is 11.5 Å². The molecule has 2 saturated carbocycles. The first-order chi connectivity index (χ1) is 26.9. The number of thiazole rings is 1. The molecule has 1 unspecified atom stereocenters. The van der Waals surface area contributed by atoms with Crippen LogP contribution in [0, 0.1) is 17.3 Å². The number of amides is 3. The standard InChI is InChI=1S/C40H51BrN6O9S/c1-8-21-17-40(21,36(51)52)46-34(49)27-15-23(18-47(27)35(50)32(39(4,5)6)44-38(53)56-22-11-9-10-12-22)55-29-16-25(26-19-57-37(43-26)45-33(48)20(2)3)42-31-24(29)13-14-28(54-7)30(31)41/h8,13-14,16,19-23,27,32,38,44,53H,1,9-12,15,17-18H2,2-7H3,(H,46,49)(H,51,52)(H,43,45,48)/t21-,23-,27+,32-,38?,40-/m1/s1. The maximum absolute atomic E-state index is 14.7. The summed E-state index contributed by atoms with van der Waals surface area (Å²) in [5, 5.41) is 32.4. The van der Waals surface area contributed by atoms with Crippen molar-refractivity contribution in [2.45, 2.75) is 109 Å². The molecule has 2 aromatic heterocycles. The van der Waals surface area contributed by atoms with Gasteiger partial charge in [-0.3, -0.25) is 19.7 Å². The van der Waals surface area contributed by atoms with Crippen molar-refractivity contribution in [2.75, 3.05) is 19.0 Å². The van der Waals surface area contributed by atoms with Gasteiger partial charge in [-0.15, -0.1) is 17.9 Å². The quantitative estimate of drug-likeness (QED) is 0.0956. The second-order valence-corrected chi connectivity index (χ2v) is 18.0. The topological polar surface area (TPSA) is 202 Å². The zero-order chi connectivity index (χ0) is 41.4. The lowest BCUT2D eigenvalue weighted by Gasteiger charge is -2.37. The third-order valence-corrected chi connectivity index (χ3v) is 12.3. The maximum Gasteiger partial charge on any atom is 0.330 e. The number of carboxylic acids is 1. The van der Waals surface area contributed by atoms with Crippen LogP contribution in [0.2, 0.25) is 0 Å². The number of anilines is 1. The lowest BCUT2D eigenvalue weighted by molar-refractivity contribution is -0.170. The molecule has 3 aliphatic rings. The number of fused-ring (bicyclic) bond motifs is 1. The van der Waals surface area contributed by atoms with E-state index in [0.29, 0.717) is 43.4 Å². The summed E-state index contributed by atoms with van der Waals surface area (Å²) in [4.78, 5) is 64.5.